The summed E-state index contributed by atoms with van der Waals surface area (Å²) in [7, 11) is 0. The van der Waals surface area contributed by atoms with Crippen molar-refractivity contribution in [2.75, 3.05) is 19.8 Å². The summed E-state index contributed by atoms with van der Waals surface area (Å²) in [6.07, 6.45) is -0.00458. The molecule has 2 heterocycles. The lowest BCUT2D eigenvalue weighted by atomic mass is 10.1. The van der Waals surface area contributed by atoms with E-state index in [2.05, 4.69) is 15.8 Å². The molecule has 1 aliphatic heterocycles. The fourth-order valence-electron chi connectivity index (χ4n) is 2.17. The van der Waals surface area contributed by atoms with Crippen LogP contribution < -0.4 is 10.6 Å². The van der Waals surface area contributed by atoms with Crippen LogP contribution in [0.2, 0.25) is 0 Å². The van der Waals surface area contributed by atoms with E-state index in [1.807, 2.05) is 0 Å². The first-order chi connectivity index (χ1) is 11.4. The van der Waals surface area contributed by atoms with Crippen molar-refractivity contribution in [2.45, 2.75) is 27.2 Å². The minimum absolute atomic E-state index is 0.00458. The molecule has 2 rings (SSSR count). The summed E-state index contributed by atoms with van der Waals surface area (Å²) in [5, 5.41) is 8.70. The summed E-state index contributed by atoms with van der Waals surface area (Å²) in [6, 6.07) is -0.472. The van der Waals surface area contributed by atoms with Gasteiger partial charge in [-0.25, -0.2) is 9.59 Å². The molecule has 1 aromatic rings. The molecule has 0 aliphatic carbocycles. The van der Waals surface area contributed by atoms with Gasteiger partial charge in [-0.1, -0.05) is 5.16 Å². The zero-order chi connectivity index (χ0) is 17.7. The van der Waals surface area contributed by atoms with Gasteiger partial charge in [0.05, 0.1) is 36.5 Å². The van der Waals surface area contributed by atoms with E-state index in [4.69, 9.17) is 14.0 Å². The number of ether oxygens (including phenoxy) is 2. The summed E-state index contributed by atoms with van der Waals surface area (Å²) >= 11 is 0. The van der Waals surface area contributed by atoms with Crippen molar-refractivity contribution in [3.63, 3.8) is 0 Å². The number of hydrogen-bond acceptors (Lipinski definition) is 7. The Balaban J connectivity index is 2.03. The zero-order valence-corrected chi connectivity index (χ0v) is 13.7. The van der Waals surface area contributed by atoms with Gasteiger partial charge in [0.25, 0.3) is 0 Å². The van der Waals surface area contributed by atoms with E-state index in [1.54, 1.807) is 20.8 Å². The molecular formula is C15H19N3O6. The molecule has 2 amide bonds. The van der Waals surface area contributed by atoms with E-state index in [-0.39, 0.29) is 37.4 Å². The molecule has 0 saturated carbocycles. The number of aryl methyl sites for hydroxylation is 2. The van der Waals surface area contributed by atoms with Gasteiger partial charge in [0.2, 0.25) is 0 Å². The molecule has 1 aliphatic rings. The Morgan fingerprint density at radius 3 is 2.67 bits per heavy atom. The van der Waals surface area contributed by atoms with E-state index < -0.39 is 18.0 Å². The number of nitrogens with one attached hydrogen (secondary N) is 2. The van der Waals surface area contributed by atoms with E-state index in [1.165, 1.54) is 0 Å². The van der Waals surface area contributed by atoms with Crippen molar-refractivity contribution >= 4 is 18.0 Å². The predicted octanol–water partition coefficient (Wildman–Crippen LogP) is 0.507. The molecule has 0 unspecified atom stereocenters. The Labute approximate surface area is 138 Å². The number of hydrogen-bond donors (Lipinski definition) is 2. The molecule has 1 aromatic heterocycles. The minimum atomic E-state index is -0.568. The van der Waals surface area contributed by atoms with Crippen molar-refractivity contribution in [1.29, 1.82) is 0 Å². The molecule has 0 fully saturated rings. The van der Waals surface area contributed by atoms with Gasteiger partial charge in [-0.2, -0.15) is 0 Å². The Hall–Kier alpha value is -2.84. The van der Waals surface area contributed by atoms with Crippen LogP contribution in [0.5, 0.6) is 0 Å². The van der Waals surface area contributed by atoms with Gasteiger partial charge in [0.15, 0.2) is 0 Å². The SMILES string of the molecule is CCOC(=O)C1=C(COC(=O)Cc2c(C)noc2C)NC(=O)NC1. The molecule has 0 radical (unpaired) electrons. The first kappa shape index (κ1) is 17.5. The van der Waals surface area contributed by atoms with Gasteiger partial charge in [-0.05, 0) is 20.8 Å². The van der Waals surface area contributed by atoms with Crippen LogP contribution in [-0.2, 0) is 25.5 Å². The van der Waals surface area contributed by atoms with Gasteiger partial charge < -0.3 is 24.6 Å². The van der Waals surface area contributed by atoms with Gasteiger partial charge in [-0.15, -0.1) is 0 Å². The molecular weight excluding hydrogens is 318 g/mol. The second-order valence-electron chi connectivity index (χ2n) is 5.13. The van der Waals surface area contributed by atoms with Crippen molar-refractivity contribution in [3.05, 3.63) is 28.3 Å². The maximum Gasteiger partial charge on any atom is 0.337 e. The number of urea groups is 1. The van der Waals surface area contributed by atoms with E-state index in [0.717, 1.165) is 0 Å². The van der Waals surface area contributed by atoms with Crippen molar-refractivity contribution in [2.24, 2.45) is 0 Å². The Morgan fingerprint density at radius 1 is 1.29 bits per heavy atom. The lowest BCUT2D eigenvalue weighted by Crippen LogP contribution is -2.45. The molecule has 2 N–H and O–H groups in total. The van der Waals surface area contributed by atoms with Crippen LogP contribution in [0, 0.1) is 13.8 Å². The maximum absolute atomic E-state index is 12.0. The average molecular weight is 337 g/mol. The van der Waals surface area contributed by atoms with Crippen molar-refractivity contribution in [1.82, 2.24) is 15.8 Å². The Kier molecular flexibility index (Phi) is 5.56. The highest BCUT2D eigenvalue weighted by Crippen LogP contribution is 2.14. The van der Waals surface area contributed by atoms with E-state index in [0.29, 0.717) is 17.0 Å². The van der Waals surface area contributed by atoms with Gasteiger partial charge in [0, 0.05) is 5.56 Å². The summed E-state index contributed by atoms with van der Waals surface area (Å²) in [5.41, 5.74) is 1.71. The quantitative estimate of drug-likeness (QED) is 0.726. The van der Waals surface area contributed by atoms with Crippen molar-refractivity contribution in [3.8, 4) is 0 Å². The molecule has 0 bridgehead atoms. The summed E-state index contributed by atoms with van der Waals surface area (Å²) in [6.45, 7) is 5.10. The van der Waals surface area contributed by atoms with Crippen LogP contribution in [0.4, 0.5) is 4.79 Å². The van der Waals surface area contributed by atoms with Crippen LogP contribution >= 0.6 is 0 Å². The summed E-state index contributed by atoms with van der Waals surface area (Å²) < 4.78 is 15.1. The van der Waals surface area contributed by atoms with Gasteiger partial charge >= 0.3 is 18.0 Å². The Morgan fingerprint density at radius 2 is 2.04 bits per heavy atom. The fourth-order valence-corrected chi connectivity index (χ4v) is 2.17. The van der Waals surface area contributed by atoms with Gasteiger partial charge in [0.1, 0.15) is 12.4 Å². The third kappa shape index (κ3) is 4.12. The van der Waals surface area contributed by atoms with Crippen molar-refractivity contribution < 1.29 is 28.4 Å². The smallest absolute Gasteiger partial charge is 0.337 e. The second kappa shape index (κ2) is 7.62. The van der Waals surface area contributed by atoms with Crippen LogP contribution in [0.1, 0.15) is 23.9 Å². The molecule has 130 valence electrons. The maximum atomic E-state index is 12.0. The highest BCUT2D eigenvalue weighted by Gasteiger charge is 2.24. The molecule has 0 atom stereocenters. The highest BCUT2D eigenvalue weighted by atomic mass is 16.5. The topological polar surface area (TPSA) is 120 Å². The molecule has 9 heteroatoms. The summed E-state index contributed by atoms with van der Waals surface area (Å²) in [5.74, 6) is -0.541. The Bertz CT molecular complexity index is 672. The predicted molar refractivity (Wildman–Crippen MR) is 80.8 cm³/mol. The number of aromatic nitrogens is 1. The number of nitrogens with zero attached hydrogens (tertiary/aromatic N) is 1. The normalized spacial score (nSPS) is 14.0. The fraction of sp³-hybridized carbons (Fsp3) is 0.467. The summed E-state index contributed by atoms with van der Waals surface area (Å²) in [4.78, 5) is 35.3. The third-order valence-electron chi connectivity index (χ3n) is 3.46. The molecule has 9 nitrogen and oxygen atoms in total. The molecule has 24 heavy (non-hydrogen) atoms. The number of esters is 2. The highest BCUT2D eigenvalue weighted by molar-refractivity contribution is 5.93. The monoisotopic (exact) mass is 337 g/mol. The standard InChI is InChI=1S/C15H19N3O6/c1-4-22-14(20)11-6-16-15(21)17-12(11)7-23-13(19)5-10-8(2)18-24-9(10)3/h4-7H2,1-3H3,(H2,16,17,21). The van der Waals surface area contributed by atoms with E-state index in [9.17, 15) is 14.4 Å². The lowest BCUT2D eigenvalue weighted by molar-refractivity contribution is -0.143. The molecule has 0 spiro atoms. The lowest BCUT2D eigenvalue weighted by Gasteiger charge is -2.21. The zero-order valence-electron chi connectivity index (χ0n) is 13.7. The second-order valence-corrected chi connectivity index (χ2v) is 5.13. The molecule has 0 saturated heterocycles. The number of rotatable bonds is 6. The minimum Gasteiger partial charge on any atom is -0.463 e. The molecule has 0 aromatic carbocycles. The number of carbonyl (C=O) groups excluding carboxylic acids is 3. The third-order valence-corrected chi connectivity index (χ3v) is 3.46. The van der Waals surface area contributed by atoms with Crippen LogP contribution in [-0.4, -0.2) is 42.9 Å². The first-order valence-corrected chi connectivity index (χ1v) is 7.43. The van der Waals surface area contributed by atoms with Crippen LogP contribution in [0.25, 0.3) is 0 Å². The largest absolute Gasteiger partial charge is 0.463 e. The van der Waals surface area contributed by atoms with Crippen LogP contribution in [0.3, 0.4) is 0 Å². The van der Waals surface area contributed by atoms with E-state index >= 15 is 0 Å². The number of amides is 2. The van der Waals surface area contributed by atoms with Crippen LogP contribution in [0.15, 0.2) is 15.8 Å². The average Bonchev–Trinajstić information content (AvgIpc) is 2.85. The van der Waals surface area contributed by atoms with Gasteiger partial charge in [-0.3, -0.25) is 4.79 Å². The number of carbonyl (C=O) groups is 3. The first-order valence-electron chi connectivity index (χ1n) is 7.43.